The average Bonchev–Trinajstić information content (AvgIpc) is 3.13. The van der Waals surface area contributed by atoms with Crippen LogP contribution in [0.3, 0.4) is 0 Å². The highest BCUT2D eigenvalue weighted by molar-refractivity contribution is 5.92. The average molecular weight is 359 g/mol. The maximum absolute atomic E-state index is 4.57. The molecule has 0 saturated carbocycles. The van der Waals surface area contributed by atoms with E-state index in [2.05, 4.69) is 63.5 Å². The molecule has 2 aromatic heterocycles. The van der Waals surface area contributed by atoms with E-state index in [9.17, 15) is 0 Å². The number of hydrogen-bond donors (Lipinski definition) is 0. The van der Waals surface area contributed by atoms with E-state index >= 15 is 0 Å². The molecule has 132 valence electrons. The zero-order valence-electron chi connectivity index (χ0n) is 15.3. The summed E-state index contributed by atoms with van der Waals surface area (Å²) in [6, 6.07) is 15.6. The van der Waals surface area contributed by atoms with Gasteiger partial charge in [0.05, 0.1) is 23.3 Å². The molecule has 0 N–H and O–H groups in total. The van der Waals surface area contributed by atoms with Crippen LogP contribution in [-0.2, 0) is 19.3 Å². The van der Waals surface area contributed by atoms with Crippen LogP contribution in [0.2, 0.25) is 0 Å². The first-order chi connectivity index (χ1) is 13.9. The van der Waals surface area contributed by atoms with Gasteiger partial charge in [0.1, 0.15) is 0 Å². The van der Waals surface area contributed by atoms with Gasteiger partial charge in [0.25, 0.3) is 0 Å². The first kappa shape index (κ1) is 14.6. The third-order valence-corrected chi connectivity index (χ3v) is 6.49. The van der Waals surface area contributed by atoms with Gasteiger partial charge in [-0.2, -0.15) is 0 Å². The summed E-state index contributed by atoms with van der Waals surface area (Å²) in [5.41, 5.74) is 14.9. The fraction of sp³-hybridized carbons (Fsp3) is 0.120. The summed E-state index contributed by atoms with van der Waals surface area (Å²) >= 11 is 0. The number of hydrogen-bond acceptors (Lipinski definition) is 3. The van der Waals surface area contributed by atoms with Gasteiger partial charge in [0, 0.05) is 31.4 Å². The first-order valence-electron chi connectivity index (χ1n) is 9.80. The third kappa shape index (κ3) is 1.74. The molecule has 4 heterocycles. The van der Waals surface area contributed by atoms with Crippen molar-refractivity contribution in [3.8, 4) is 11.1 Å². The lowest BCUT2D eigenvalue weighted by molar-refractivity contribution is 0.968. The van der Waals surface area contributed by atoms with Crippen LogP contribution in [-0.4, -0.2) is 9.97 Å². The Balaban J connectivity index is 1.52. The van der Waals surface area contributed by atoms with Gasteiger partial charge < -0.3 is 4.90 Å². The number of rotatable bonds is 0. The molecule has 0 fully saturated rings. The molecule has 1 aliphatic carbocycles. The van der Waals surface area contributed by atoms with Gasteiger partial charge in [-0.1, -0.05) is 30.3 Å². The molecule has 4 aromatic rings. The predicted molar refractivity (Wildman–Crippen MR) is 111 cm³/mol. The van der Waals surface area contributed by atoms with Gasteiger partial charge in [-0.05, 0) is 63.1 Å². The van der Waals surface area contributed by atoms with Crippen molar-refractivity contribution in [2.75, 3.05) is 4.90 Å². The Morgan fingerprint density at radius 3 is 2.43 bits per heavy atom. The minimum absolute atomic E-state index is 0.927. The van der Waals surface area contributed by atoms with Crippen molar-refractivity contribution in [2.45, 2.75) is 19.3 Å². The highest BCUT2D eigenvalue weighted by atomic mass is 15.2. The number of aromatic nitrogens is 2. The van der Waals surface area contributed by atoms with Crippen molar-refractivity contribution in [1.29, 1.82) is 0 Å². The van der Waals surface area contributed by atoms with Gasteiger partial charge in [-0.25, -0.2) is 0 Å². The predicted octanol–water partition coefficient (Wildman–Crippen LogP) is 5.33. The van der Waals surface area contributed by atoms with E-state index in [0.29, 0.717) is 0 Å². The van der Waals surface area contributed by atoms with Crippen molar-refractivity contribution in [2.24, 2.45) is 0 Å². The highest BCUT2D eigenvalue weighted by Crippen LogP contribution is 2.52. The van der Waals surface area contributed by atoms with Crippen LogP contribution in [0, 0.1) is 0 Å². The number of fused-ring (bicyclic) bond motifs is 8. The van der Waals surface area contributed by atoms with E-state index in [0.717, 1.165) is 19.3 Å². The van der Waals surface area contributed by atoms with E-state index in [1.54, 1.807) is 0 Å². The van der Waals surface area contributed by atoms with Crippen molar-refractivity contribution in [3.63, 3.8) is 0 Å². The van der Waals surface area contributed by atoms with E-state index < -0.39 is 0 Å². The van der Waals surface area contributed by atoms with Gasteiger partial charge >= 0.3 is 0 Å². The quantitative estimate of drug-likeness (QED) is 0.367. The Hall–Kier alpha value is -3.46. The second kappa shape index (κ2) is 5.08. The number of benzene rings is 2. The Morgan fingerprint density at radius 2 is 1.46 bits per heavy atom. The van der Waals surface area contributed by atoms with E-state index in [-0.39, 0.29) is 0 Å². The molecule has 2 aliphatic heterocycles. The molecule has 3 aliphatic rings. The largest absolute Gasteiger partial charge is 0.308 e. The molecule has 2 aromatic carbocycles. The smallest absolute Gasteiger partial charge is 0.0680 e. The van der Waals surface area contributed by atoms with Crippen LogP contribution in [0.15, 0.2) is 67.3 Å². The van der Waals surface area contributed by atoms with Gasteiger partial charge in [-0.3, -0.25) is 9.97 Å². The van der Waals surface area contributed by atoms with Gasteiger partial charge in [0.15, 0.2) is 0 Å². The van der Waals surface area contributed by atoms with Crippen LogP contribution in [0.25, 0.3) is 11.1 Å². The summed E-state index contributed by atoms with van der Waals surface area (Å²) in [6.45, 7) is 0. The van der Waals surface area contributed by atoms with Crippen LogP contribution in [0.1, 0.15) is 33.4 Å². The van der Waals surface area contributed by atoms with Gasteiger partial charge in [-0.15, -0.1) is 0 Å². The van der Waals surface area contributed by atoms with Gasteiger partial charge in [0.2, 0.25) is 0 Å². The Labute approximate surface area is 163 Å². The topological polar surface area (TPSA) is 29.0 Å². The molecule has 0 bridgehead atoms. The molecule has 28 heavy (non-hydrogen) atoms. The second-order valence-electron chi connectivity index (χ2n) is 7.92. The molecule has 0 saturated heterocycles. The lowest BCUT2D eigenvalue weighted by Gasteiger charge is -2.39. The van der Waals surface area contributed by atoms with Crippen LogP contribution in [0.4, 0.5) is 17.1 Å². The summed E-state index contributed by atoms with van der Waals surface area (Å²) in [7, 11) is 0. The molecule has 7 rings (SSSR count). The van der Waals surface area contributed by atoms with E-state index in [4.69, 9.17) is 0 Å². The molecule has 0 spiro atoms. The number of anilines is 3. The monoisotopic (exact) mass is 359 g/mol. The zero-order chi connectivity index (χ0) is 18.2. The fourth-order valence-electron chi connectivity index (χ4n) is 5.29. The maximum atomic E-state index is 4.57. The Morgan fingerprint density at radius 1 is 0.607 bits per heavy atom. The summed E-state index contributed by atoms with van der Waals surface area (Å²) in [5, 5.41) is 0. The lowest BCUT2D eigenvalue weighted by Crippen LogP contribution is -2.25. The molecule has 0 radical (unpaired) electrons. The lowest BCUT2D eigenvalue weighted by atomic mass is 9.85. The molecule has 0 unspecified atom stereocenters. The van der Waals surface area contributed by atoms with Crippen molar-refractivity contribution in [1.82, 2.24) is 9.97 Å². The minimum atomic E-state index is 0.927. The number of pyridine rings is 2. The molecule has 3 nitrogen and oxygen atoms in total. The van der Waals surface area contributed by atoms with Crippen LogP contribution in [0.5, 0.6) is 0 Å². The molecule has 0 amide bonds. The summed E-state index contributed by atoms with van der Waals surface area (Å²) < 4.78 is 0. The highest BCUT2D eigenvalue weighted by Gasteiger charge is 2.34. The number of nitrogens with zero attached hydrogens (tertiary/aromatic N) is 3. The van der Waals surface area contributed by atoms with Crippen molar-refractivity contribution >= 4 is 17.1 Å². The van der Waals surface area contributed by atoms with E-state index in [1.165, 1.54) is 61.6 Å². The SMILES string of the molecule is c1ccc2c(c1)Cc1c-2ccc2c1Cc1cncc3c1N2c1cnccc1C3. The van der Waals surface area contributed by atoms with Crippen molar-refractivity contribution in [3.05, 3.63) is 101 Å². The Bertz CT molecular complexity index is 1310. The third-order valence-electron chi connectivity index (χ3n) is 6.49. The molecular weight excluding hydrogens is 342 g/mol. The van der Waals surface area contributed by atoms with Crippen LogP contribution < -0.4 is 4.90 Å². The molecule has 0 atom stereocenters. The standard InChI is InChI=1S/C25H17N3/c1-2-4-19-15(3-1)10-21-20(19)5-6-23-22(21)11-18-13-27-12-17-9-16-7-8-26-14-24(16)28(23)25(17)18/h1-8,12-14H,9-11H2. The molecule has 3 heteroatoms. The fourth-order valence-corrected chi connectivity index (χ4v) is 5.29. The normalized spacial score (nSPS) is 14.6. The summed E-state index contributed by atoms with van der Waals surface area (Å²) in [4.78, 5) is 11.4. The first-order valence-corrected chi connectivity index (χ1v) is 9.80. The minimum Gasteiger partial charge on any atom is -0.308 e. The van der Waals surface area contributed by atoms with E-state index in [1.807, 2.05) is 18.6 Å². The molecular formula is C25H17N3. The second-order valence-corrected chi connectivity index (χ2v) is 7.92. The summed E-state index contributed by atoms with van der Waals surface area (Å²) in [5.74, 6) is 0. The Kier molecular flexibility index (Phi) is 2.64. The van der Waals surface area contributed by atoms with Crippen LogP contribution >= 0.6 is 0 Å². The maximum Gasteiger partial charge on any atom is 0.0680 e. The van der Waals surface area contributed by atoms with Crippen molar-refractivity contribution < 1.29 is 0 Å². The summed E-state index contributed by atoms with van der Waals surface area (Å²) in [6.07, 6.45) is 10.9. The zero-order valence-corrected chi connectivity index (χ0v) is 15.3.